The van der Waals surface area contributed by atoms with Gasteiger partial charge in [-0.15, -0.1) is 0 Å². The van der Waals surface area contributed by atoms with Crippen LogP contribution < -0.4 is 10.3 Å². The van der Waals surface area contributed by atoms with E-state index in [2.05, 4.69) is 19.8 Å². The summed E-state index contributed by atoms with van der Waals surface area (Å²) in [5.41, 5.74) is 3.94. The molecule has 10 nitrogen and oxygen atoms in total. The standard InChI is InChI=1S/C28H20ClN7O3S/c1-40(38,39)34-22-3-2-4-24(13-22)36-27-25(16-32-36)28(37)35(23-11-9-21(29)10-12-23)26(33-27)19-7-5-18(6-8-19)20-14-30-17-31-15-20/h2-17,34H,1H3. The topological polar surface area (TPSA) is 125 Å². The van der Waals surface area contributed by atoms with E-state index in [9.17, 15) is 13.2 Å². The third-order valence-electron chi connectivity index (χ3n) is 6.12. The van der Waals surface area contributed by atoms with Crippen LogP contribution in [0.4, 0.5) is 5.69 Å². The molecule has 0 unspecified atom stereocenters. The highest BCUT2D eigenvalue weighted by atomic mass is 35.5. The minimum Gasteiger partial charge on any atom is -0.284 e. The summed E-state index contributed by atoms with van der Waals surface area (Å²) in [5, 5.41) is 5.26. The lowest BCUT2D eigenvalue weighted by molar-refractivity contribution is 0.607. The number of aromatic nitrogens is 6. The van der Waals surface area contributed by atoms with E-state index in [0.717, 1.165) is 17.4 Å². The average molecular weight is 570 g/mol. The first-order chi connectivity index (χ1) is 19.3. The van der Waals surface area contributed by atoms with E-state index >= 15 is 0 Å². The quantitative estimate of drug-likeness (QED) is 0.308. The molecule has 3 heterocycles. The Morgan fingerprint density at radius 2 is 1.52 bits per heavy atom. The summed E-state index contributed by atoms with van der Waals surface area (Å²) in [6.07, 6.45) is 7.45. The first kappa shape index (κ1) is 25.4. The van der Waals surface area contributed by atoms with Gasteiger partial charge in [0.1, 0.15) is 17.5 Å². The number of halogens is 1. The van der Waals surface area contributed by atoms with E-state index < -0.39 is 10.0 Å². The fourth-order valence-corrected chi connectivity index (χ4v) is 5.04. The molecule has 6 aromatic rings. The van der Waals surface area contributed by atoms with Gasteiger partial charge in [-0.2, -0.15) is 5.10 Å². The van der Waals surface area contributed by atoms with Gasteiger partial charge in [-0.25, -0.2) is 28.1 Å². The molecule has 198 valence electrons. The first-order valence-corrected chi connectivity index (χ1v) is 14.2. The zero-order chi connectivity index (χ0) is 27.9. The number of anilines is 1. The number of fused-ring (bicyclic) bond motifs is 1. The third kappa shape index (κ3) is 4.95. The number of rotatable bonds is 6. The maximum Gasteiger partial charge on any atom is 0.269 e. The van der Waals surface area contributed by atoms with Crippen molar-refractivity contribution >= 4 is 38.3 Å². The average Bonchev–Trinajstić information content (AvgIpc) is 3.38. The lowest BCUT2D eigenvalue weighted by atomic mass is 10.1. The molecular formula is C28H20ClN7O3S. The summed E-state index contributed by atoms with van der Waals surface area (Å²) < 4.78 is 29.0. The molecule has 0 atom stereocenters. The molecule has 0 amide bonds. The van der Waals surface area contributed by atoms with Crippen LogP contribution >= 0.6 is 11.6 Å². The Labute approximate surface area is 233 Å². The van der Waals surface area contributed by atoms with Crippen LogP contribution in [-0.2, 0) is 10.0 Å². The number of hydrogen-bond acceptors (Lipinski definition) is 7. The highest BCUT2D eigenvalue weighted by molar-refractivity contribution is 7.92. The van der Waals surface area contributed by atoms with Crippen molar-refractivity contribution in [2.24, 2.45) is 0 Å². The van der Waals surface area contributed by atoms with Crippen LogP contribution in [0.3, 0.4) is 0 Å². The summed E-state index contributed by atoms with van der Waals surface area (Å²) in [6, 6.07) is 21.2. The van der Waals surface area contributed by atoms with Crippen LogP contribution in [0.15, 0.2) is 103 Å². The van der Waals surface area contributed by atoms with Gasteiger partial charge in [0.2, 0.25) is 10.0 Å². The molecule has 3 aromatic carbocycles. The van der Waals surface area contributed by atoms with Gasteiger partial charge < -0.3 is 0 Å². The smallest absolute Gasteiger partial charge is 0.269 e. The highest BCUT2D eigenvalue weighted by Crippen LogP contribution is 2.27. The molecule has 0 radical (unpaired) electrons. The van der Waals surface area contributed by atoms with Crippen LogP contribution in [0.2, 0.25) is 5.02 Å². The normalized spacial score (nSPS) is 11.6. The van der Waals surface area contributed by atoms with Crippen molar-refractivity contribution in [3.63, 3.8) is 0 Å². The van der Waals surface area contributed by atoms with Crippen molar-refractivity contribution < 1.29 is 8.42 Å². The SMILES string of the molecule is CS(=O)(=O)Nc1cccc(-n2ncc3c(=O)n(-c4ccc(Cl)cc4)c(-c4ccc(-c5cncnc5)cc4)nc32)c1. The molecular weight excluding hydrogens is 550 g/mol. The molecule has 0 aliphatic heterocycles. The number of sulfonamides is 1. The minimum atomic E-state index is -3.48. The largest absolute Gasteiger partial charge is 0.284 e. The Balaban J connectivity index is 1.55. The second-order valence-corrected chi connectivity index (χ2v) is 11.2. The van der Waals surface area contributed by atoms with Gasteiger partial charge >= 0.3 is 0 Å². The van der Waals surface area contributed by atoms with E-state index in [1.807, 2.05) is 24.3 Å². The Kier molecular flexibility index (Phi) is 6.37. The van der Waals surface area contributed by atoms with Gasteiger partial charge in [-0.05, 0) is 48.0 Å². The fourth-order valence-electron chi connectivity index (χ4n) is 4.35. The lowest BCUT2D eigenvalue weighted by Crippen LogP contribution is -2.22. The second-order valence-electron chi connectivity index (χ2n) is 8.98. The predicted molar refractivity (Wildman–Crippen MR) is 154 cm³/mol. The molecule has 3 aromatic heterocycles. The van der Waals surface area contributed by atoms with E-state index in [1.54, 1.807) is 60.9 Å². The van der Waals surface area contributed by atoms with Crippen molar-refractivity contribution in [1.82, 2.24) is 29.3 Å². The highest BCUT2D eigenvalue weighted by Gasteiger charge is 2.19. The molecule has 1 N–H and O–H groups in total. The van der Waals surface area contributed by atoms with E-state index in [1.165, 1.54) is 21.8 Å². The van der Waals surface area contributed by atoms with Crippen molar-refractivity contribution in [3.05, 3.63) is 113 Å². The fraction of sp³-hybridized carbons (Fsp3) is 0.0357. The number of nitrogens with one attached hydrogen (secondary N) is 1. The Bertz CT molecular complexity index is 2020. The molecule has 12 heteroatoms. The van der Waals surface area contributed by atoms with Gasteiger partial charge in [0.15, 0.2) is 5.65 Å². The van der Waals surface area contributed by atoms with Crippen LogP contribution in [0.25, 0.3) is 44.9 Å². The number of benzene rings is 3. The predicted octanol–water partition coefficient (Wildman–Crippen LogP) is 4.72. The molecule has 0 aliphatic carbocycles. The van der Waals surface area contributed by atoms with E-state index in [-0.39, 0.29) is 5.56 Å². The zero-order valence-corrected chi connectivity index (χ0v) is 22.5. The zero-order valence-electron chi connectivity index (χ0n) is 20.9. The Morgan fingerprint density at radius 3 is 2.23 bits per heavy atom. The maximum absolute atomic E-state index is 13.9. The van der Waals surface area contributed by atoms with Crippen LogP contribution in [0.5, 0.6) is 0 Å². The van der Waals surface area contributed by atoms with Gasteiger partial charge in [-0.3, -0.25) is 14.1 Å². The molecule has 0 bridgehead atoms. The van der Waals surface area contributed by atoms with Gasteiger partial charge in [0.25, 0.3) is 5.56 Å². The molecule has 40 heavy (non-hydrogen) atoms. The van der Waals surface area contributed by atoms with Crippen LogP contribution in [0, 0.1) is 0 Å². The van der Waals surface area contributed by atoms with Crippen molar-refractivity contribution in [1.29, 1.82) is 0 Å². The summed E-state index contributed by atoms with van der Waals surface area (Å²) in [7, 11) is -3.48. The first-order valence-electron chi connectivity index (χ1n) is 12.0. The summed E-state index contributed by atoms with van der Waals surface area (Å²) in [5.74, 6) is 0.392. The molecule has 0 fully saturated rings. The van der Waals surface area contributed by atoms with E-state index in [0.29, 0.717) is 44.5 Å². The van der Waals surface area contributed by atoms with Gasteiger partial charge in [0.05, 0.1) is 29.5 Å². The van der Waals surface area contributed by atoms with Crippen molar-refractivity contribution in [3.8, 4) is 33.9 Å². The second kappa shape index (κ2) is 10.0. The van der Waals surface area contributed by atoms with Crippen LogP contribution in [-0.4, -0.2) is 44.0 Å². The molecule has 0 aliphatic rings. The summed E-state index contributed by atoms with van der Waals surface area (Å²) in [4.78, 5) is 27.0. The number of nitrogens with zero attached hydrogens (tertiary/aromatic N) is 6. The minimum absolute atomic E-state index is 0.290. The monoisotopic (exact) mass is 569 g/mol. The van der Waals surface area contributed by atoms with Gasteiger partial charge in [0, 0.05) is 28.5 Å². The lowest BCUT2D eigenvalue weighted by Gasteiger charge is -2.14. The van der Waals surface area contributed by atoms with Gasteiger partial charge in [-0.1, -0.05) is 41.9 Å². The Morgan fingerprint density at radius 1 is 0.825 bits per heavy atom. The molecule has 0 saturated carbocycles. The number of hydrogen-bond donors (Lipinski definition) is 1. The molecule has 0 spiro atoms. The third-order valence-corrected chi connectivity index (χ3v) is 6.98. The molecule has 0 saturated heterocycles. The maximum atomic E-state index is 13.9. The molecule has 6 rings (SSSR count). The van der Waals surface area contributed by atoms with Crippen molar-refractivity contribution in [2.45, 2.75) is 0 Å². The Hall–Kier alpha value is -4.87. The summed E-state index contributed by atoms with van der Waals surface area (Å²) in [6.45, 7) is 0. The summed E-state index contributed by atoms with van der Waals surface area (Å²) >= 11 is 6.12. The van der Waals surface area contributed by atoms with Crippen molar-refractivity contribution in [2.75, 3.05) is 11.0 Å². The van der Waals surface area contributed by atoms with E-state index in [4.69, 9.17) is 16.6 Å². The van der Waals surface area contributed by atoms with Crippen LogP contribution in [0.1, 0.15) is 0 Å².